The number of hydrogen-bond acceptors (Lipinski definition) is 5. The van der Waals surface area contributed by atoms with Gasteiger partial charge < -0.3 is 14.2 Å². The minimum absolute atomic E-state index is 0.108. The zero-order valence-corrected chi connectivity index (χ0v) is 12.8. The van der Waals surface area contributed by atoms with Crippen molar-refractivity contribution in [2.24, 2.45) is 0 Å². The molecule has 5 heteroatoms. The first-order valence-corrected chi connectivity index (χ1v) is 6.58. The highest BCUT2D eigenvalue weighted by Crippen LogP contribution is 2.08. The number of aromatic nitrogens is 1. The van der Waals surface area contributed by atoms with E-state index in [4.69, 9.17) is 19.5 Å². The maximum Gasteiger partial charge on any atom is 0.283 e. The van der Waals surface area contributed by atoms with Gasteiger partial charge in [-0.3, -0.25) is 4.98 Å². The van der Waals surface area contributed by atoms with E-state index >= 15 is 0 Å². The molecule has 0 spiro atoms. The number of nitrogens with zero attached hydrogens (tertiary/aromatic N) is 2. The summed E-state index contributed by atoms with van der Waals surface area (Å²) < 4.78 is 14.2. The molecular weight excluding hydrogens is 256 g/mol. The molecule has 0 aromatic carbocycles. The fourth-order valence-corrected chi connectivity index (χ4v) is 1.42. The first-order valence-electron chi connectivity index (χ1n) is 6.58. The summed E-state index contributed by atoms with van der Waals surface area (Å²) in [4.78, 5) is 4.22. The molecule has 0 bridgehead atoms. The van der Waals surface area contributed by atoms with Crippen LogP contribution in [0.4, 0.5) is 0 Å². The summed E-state index contributed by atoms with van der Waals surface area (Å²) in [7, 11) is 4.27. The lowest BCUT2D eigenvalue weighted by Crippen LogP contribution is -2.36. The van der Waals surface area contributed by atoms with Crippen molar-refractivity contribution in [3.05, 3.63) is 30.1 Å². The van der Waals surface area contributed by atoms with Crippen molar-refractivity contribution < 1.29 is 14.2 Å². The van der Waals surface area contributed by atoms with E-state index in [-0.39, 0.29) is 6.61 Å². The van der Waals surface area contributed by atoms with Crippen LogP contribution in [0.1, 0.15) is 25.5 Å². The highest BCUT2D eigenvalue weighted by atomic mass is 16.7. The number of hydrogen-bond donors (Lipinski definition) is 0. The monoisotopic (exact) mass is 280 g/mol. The van der Waals surface area contributed by atoms with E-state index in [0.29, 0.717) is 0 Å². The highest BCUT2D eigenvalue weighted by molar-refractivity contribution is 5.03. The van der Waals surface area contributed by atoms with Gasteiger partial charge in [-0.1, -0.05) is 19.4 Å². The lowest BCUT2D eigenvalue weighted by Gasteiger charge is -2.21. The fraction of sp³-hybridized carbons (Fsp3) is 0.600. The predicted molar refractivity (Wildman–Crippen MR) is 77.1 cm³/mol. The maximum atomic E-state index is 8.53. The van der Waals surface area contributed by atoms with E-state index in [2.05, 4.69) is 18.0 Å². The number of unbranched alkanes of at least 4 members (excludes halogenated alkanes) is 1. The summed E-state index contributed by atoms with van der Waals surface area (Å²) in [5.41, 5.74) is 1.21. The quantitative estimate of drug-likeness (QED) is 0.718. The highest BCUT2D eigenvalue weighted by Gasteiger charge is 2.29. The van der Waals surface area contributed by atoms with Gasteiger partial charge in [0, 0.05) is 33.2 Å². The summed E-state index contributed by atoms with van der Waals surface area (Å²) in [6.45, 7) is 2.31. The lowest BCUT2D eigenvalue weighted by molar-refractivity contribution is -0.191. The van der Waals surface area contributed by atoms with Crippen molar-refractivity contribution >= 4 is 0 Å². The Morgan fingerprint density at radius 3 is 2.30 bits per heavy atom. The predicted octanol–water partition coefficient (Wildman–Crippen LogP) is 2.57. The van der Waals surface area contributed by atoms with Gasteiger partial charge in [0.1, 0.15) is 12.7 Å². The summed E-state index contributed by atoms with van der Waals surface area (Å²) in [5, 5.41) is 8.53. The van der Waals surface area contributed by atoms with E-state index in [1.54, 1.807) is 0 Å². The van der Waals surface area contributed by atoms with Crippen molar-refractivity contribution in [2.45, 2.75) is 32.0 Å². The smallest absolute Gasteiger partial charge is 0.283 e. The third-order valence-corrected chi connectivity index (χ3v) is 2.68. The van der Waals surface area contributed by atoms with Gasteiger partial charge in [0.05, 0.1) is 0 Å². The summed E-state index contributed by atoms with van der Waals surface area (Å²) >= 11 is 0. The molecule has 0 N–H and O–H groups in total. The normalized spacial score (nSPS) is 10.3. The first-order chi connectivity index (χ1) is 9.67. The van der Waals surface area contributed by atoms with Gasteiger partial charge in [0.2, 0.25) is 0 Å². The van der Waals surface area contributed by atoms with E-state index in [9.17, 15) is 0 Å². The fourth-order valence-electron chi connectivity index (χ4n) is 1.42. The number of aryl methyl sites for hydroxylation is 1. The number of rotatable bonds is 7. The molecule has 0 saturated heterocycles. The second-order valence-electron chi connectivity index (χ2n) is 4.13. The zero-order chi connectivity index (χ0) is 15.3. The lowest BCUT2D eigenvalue weighted by atomic mass is 10.2. The van der Waals surface area contributed by atoms with Crippen LogP contribution in [0, 0.1) is 11.3 Å². The van der Waals surface area contributed by atoms with Gasteiger partial charge in [-0.15, -0.1) is 0 Å². The Morgan fingerprint density at radius 2 is 1.95 bits per heavy atom. The second-order valence-corrected chi connectivity index (χ2v) is 4.13. The SMILES string of the molecule is CCCCc1ccccn1.COCC(C#N)(OC)OC. The van der Waals surface area contributed by atoms with Gasteiger partial charge in [0.25, 0.3) is 5.79 Å². The van der Waals surface area contributed by atoms with Crippen LogP contribution in [-0.4, -0.2) is 38.7 Å². The van der Waals surface area contributed by atoms with Crippen LogP contribution in [0.2, 0.25) is 0 Å². The molecule has 0 aliphatic rings. The first kappa shape index (κ1) is 18.5. The van der Waals surface area contributed by atoms with Crippen LogP contribution < -0.4 is 0 Å². The third kappa shape index (κ3) is 7.19. The van der Waals surface area contributed by atoms with Crippen molar-refractivity contribution in [3.8, 4) is 6.07 Å². The third-order valence-electron chi connectivity index (χ3n) is 2.68. The van der Waals surface area contributed by atoms with Crippen molar-refractivity contribution in [3.63, 3.8) is 0 Å². The summed E-state index contributed by atoms with van der Waals surface area (Å²) in [6.07, 6.45) is 5.47. The molecule has 1 rings (SSSR count). The van der Waals surface area contributed by atoms with Crippen LogP contribution in [0.5, 0.6) is 0 Å². The average Bonchev–Trinajstić information content (AvgIpc) is 2.52. The molecule has 0 amide bonds. The molecule has 5 nitrogen and oxygen atoms in total. The Balaban J connectivity index is 0.000000361. The maximum absolute atomic E-state index is 8.53. The van der Waals surface area contributed by atoms with Gasteiger partial charge in [-0.25, -0.2) is 0 Å². The molecule has 112 valence electrons. The Morgan fingerprint density at radius 1 is 1.25 bits per heavy atom. The molecule has 1 heterocycles. The van der Waals surface area contributed by atoms with Crippen molar-refractivity contribution in [1.82, 2.24) is 4.98 Å². The van der Waals surface area contributed by atoms with E-state index in [0.717, 1.165) is 6.42 Å². The summed E-state index contributed by atoms with van der Waals surface area (Å²) in [6, 6.07) is 7.92. The minimum Gasteiger partial charge on any atom is -0.378 e. The Bertz CT molecular complexity index is 372. The molecular formula is C15H24N2O3. The van der Waals surface area contributed by atoms with Crippen LogP contribution in [0.15, 0.2) is 24.4 Å². The number of pyridine rings is 1. The van der Waals surface area contributed by atoms with Crippen LogP contribution in [-0.2, 0) is 20.6 Å². The number of ether oxygens (including phenoxy) is 3. The van der Waals surface area contributed by atoms with Crippen LogP contribution in [0.25, 0.3) is 0 Å². The zero-order valence-electron chi connectivity index (χ0n) is 12.8. The largest absolute Gasteiger partial charge is 0.378 e. The van der Waals surface area contributed by atoms with E-state index < -0.39 is 5.79 Å². The van der Waals surface area contributed by atoms with Gasteiger partial charge in [0.15, 0.2) is 0 Å². The molecule has 0 radical (unpaired) electrons. The van der Waals surface area contributed by atoms with Gasteiger partial charge in [-0.05, 0) is 25.0 Å². The van der Waals surface area contributed by atoms with Crippen molar-refractivity contribution in [1.29, 1.82) is 5.26 Å². The van der Waals surface area contributed by atoms with Crippen LogP contribution >= 0.6 is 0 Å². The Labute approximate surface area is 121 Å². The molecule has 0 saturated carbocycles. The summed E-state index contributed by atoms with van der Waals surface area (Å²) in [5.74, 6) is -1.24. The molecule has 20 heavy (non-hydrogen) atoms. The molecule has 0 aliphatic carbocycles. The number of nitriles is 1. The van der Waals surface area contributed by atoms with Crippen molar-refractivity contribution in [2.75, 3.05) is 27.9 Å². The van der Waals surface area contributed by atoms with E-state index in [1.165, 1.54) is 39.9 Å². The molecule has 0 fully saturated rings. The topological polar surface area (TPSA) is 64.4 Å². The van der Waals surface area contributed by atoms with Crippen LogP contribution in [0.3, 0.4) is 0 Å². The van der Waals surface area contributed by atoms with Gasteiger partial charge >= 0.3 is 0 Å². The Hall–Kier alpha value is -1.48. The average molecular weight is 280 g/mol. The van der Waals surface area contributed by atoms with Gasteiger partial charge in [-0.2, -0.15) is 5.26 Å². The second kappa shape index (κ2) is 11.4. The Kier molecular flexibility index (Phi) is 10.5. The molecule has 0 atom stereocenters. The molecule has 1 aromatic heterocycles. The standard InChI is InChI=1S/C9H13N.C6H11NO3/c1-2-3-6-9-7-4-5-8-10-9;1-8-5-6(4-7,9-2)10-3/h4-5,7-8H,2-3,6H2,1H3;5H2,1-3H3. The number of methoxy groups -OCH3 is 3. The molecule has 1 aromatic rings. The minimum atomic E-state index is -1.24. The molecule has 0 unspecified atom stereocenters. The molecule has 0 aliphatic heterocycles. The van der Waals surface area contributed by atoms with E-state index in [1.807, 2.05) is 24.4 Å².